The maximum atomic E-state index is 12.7. The van der Waals surface area contributed by atoms with E-state index in [1.807, 2.05) is 39.9 Å². The Morgan fingerprint density at radius 1 is 1.29 bits per heavy atom. The highest BCUT2D eigenvalue weighted by atomic mass is 32.1. The highest BCUT2D eigenvalue weighted by Crippen LogP contribution is 2.18. The van der Waals surface area contributed by atoms with Crippen LogP contribution in [-0.4, -0.2) is 36.6 Å². The Kier molecular flexibility index (Phi) is 4.68. The number of carbonyl (C=O) groups excluding carboxylic acids is 1. The fraction of sp³-hybridized carbons (Fsp3) is 0.353. The van der Waals surface area contributed by atoms with Gasteiger partial charge in [0.05, 0.1) is 18.2 Å². The number of amides is 1. The van der Waals surface area contributed by atoms with Crippen molar-refractivity contribution in [2.45, 2.75) is 18.9 Å². The largest absolute Gasteiger partial charge is 0.379 e. The number of benzene rings is 1. The second kappa shape index (κ2) is 6.87. The molecule has 0 radical (unpaired) electrons. The highest BCUT2D eigenvalue weighted by molar-refractivity contribution is 7.08. The molecule has 1 atom stereocenters. The summed E-state index contributed by atoms with van der Waals surface area (Å²) in [4.78, 5) is 14.7. The molecule has 1 aromatic carbocycles. The summed E-state index contributed by atoms with van der Waals surface area (Å²) in [7, 11) is 0. The van der Waals surface area contributed by atoms with Gasteiger partial charge in [-0.15, -0.1) is 0 Å². The Bertz CT molecular complexity index is 562. The van der Waals surface area contributed by atoms with Gasteiger partial charge in [0.2, 0.25) is 0 Å². The van der Waals surface area contributed by atoms with Crippen molar-refractivity contribution in [2.75, 3.05) is 19.8 Å². The van der Waals surface area contributed by atoms with Crippen LogP contribution in [0.4, 0.5) is 0 Å². The molecule has 1 saturated heterocycles. The third-order valence-electron chi connectivity index (χ3n) is 3.86. The first kappa shape index (κ1) is 14.3. The van der Waals surface area contributed by atoms with E-state index in [0.29, 0.717) is 6.61 Å². The van der Waals surface area contributed by atoms with Crippen LogP contribution in [0.5, 0.6) is 0 Å². The van der Waals surface area contributed by atoms with E-state index in [1.165, 1.54) is 5.56 Å². The molecule has 0 N–H and O–H groups in total. The molecule has 1 aromatic heterocycles. The quantitative estimate of drug-likeness (QED) is 0.848. The molecule has 1 aliphatic rings. The van der Waals surface area contributed by atoms with Gasteiger partial charge in [-0.25, -0.2) is 0 Å². The van der Waals surface area contributed by atoms with Crippen molar-refractivity contribution in [1.82, 2.24) is 4.90 Å². The zero-order chi connectivity index (χ0) is 14.5. The SMILES string of the molecule is O=C(c1ccsc1)N(CCc1ccccc1)[C@@H]1CCOC1. The Balaban J connectivity index is 1.71. The van der Waals surface area contributed by atoms with Crippen molar-refractivity contribution >= 4 is 17.2 Å². The van der Waals surface area contributed by atoms with Crippen molar-refractivity contribution < 1.29 is 9.53 Å². The third kappa shape index (κ3) is 3.52. The summed E-state index contributed by atoms with van der Waals surface area (Å²) in [6, 6.07) is 12.4. The standard InChI is InChI=1S/C17H19NO2S/c19-17(15-8-11-21-13-15)18(16-7-10-20-12-16)9-6-14-4-2-1-3-5-14/h1-5,8,11,13,16H,6-7,9-10,12H2/t16-/m1/s1. The number of hydrogen-bond acceptors (Lipinski definition) is 3. The molecule has 110 valence electrons. The summed E-state index contributed by atoms with van der Waals surface area (Å²) in [5, 5.41) is 3.88. The average Bonchev–Trinajstić information content (AvgIpc) is 3.22. The van der Waals surface area contributed by atoms with Crippen LogP contribution in [-0.2, 0) is 11.2 Å². The van der Waals surface area contributed by atoms with Crippen molar-refractivity contribution in [3.8, 4) is 0 Å². The molecule has 2 heterocycles. The number of nitrogens with zero attached hydrogens (tertiary/aromatic N) is 1. The number of rotatable bonds is 5. The van der Waals surface area contributed by atoms with E-state index in [4.69, 9.17) is 4.74 Å². The maximum Gasteiger partial charge on any atom is 0.255 e. The van der Waals surface area contributed by atoms with E-state index in [2.05, 4.69) is 12.1 Å². The minimum absolute atomic E-state index is 0.127. The number of thiophene rings is 1. The van der Waals surface area contributed by atoms with E-state index >= 15 is 0 Å². The molecule has 4 heteroatoms. The van der Waals surface area contributed by atoms with Gasteiger partial charge in [-0.05, 0) is 29.9 Å². The summed E-state index contributed by atoms with van der Waals surface area (Å²) in [5.74, 6) is 0.127. The van der Waals surface area contributed by atoms with Gasteiger partial charge in [-0.2, -0.15) is 11.3 Å². The lowest BCUT2D eigenvalue weighted by atomic mass is 10.1. The molecule has 1 amide bonds. The van der Waals surface area contributed by atoms with Crippen LogP contribution in [0.1, 0.15) is 22.3 Å². The van der Waals surface area contributed by atoms with E-state index in [0.717, 1.165) is 31.6 Å². The molecule has 0 unspecified atom stereocenters. The van der Waals surface area contributed by atoms with Crippen LogP contribution in [0, 0.1) is 0 Å². The predicted octanol–water partition coefficient (Wildman–Crippen LogP) is 3.22. The Labute approximate surface area is 129 Å². The molecule has 2 aromatic rings. The summed E-state index contributed by atoms with van der Waals surface area (Å²) in [6.07, 6.45) is 1.82. The Hall–Kier alpha value is -1.65. The Morgan fingerprint density at radius 3 is 2.81 bits per heavy atom. The molecular weight excluding hydrogens is 282 g/mol. The summed E-state index contributed by atoms with van der Waals surface area (Å²) in [5.41, 5.74) is 2.06. The summed E-state index contributed by atoms with van der Waals surface area (Å²) < 4.78 is 5.47. The topological polar surface area (TPSA) is 29.5 Å². The van der Waals surface area contributed by atoms with Crippen LogP contribution in [0.15, 0.2) is 47.2 Å². The molecular formula is C17H19NO2S. The number of carbonyl (C=O) groups is 1. The van der Waals surface area contributed by atoms with Gasteiger partial charge in [0.25, 0.3) is 5.91 Å². The van der Waals surface area contributed by atoms with Crippen LogP contribution in [0.25, 0.3) is 0 Å². The number of hydrogen-bond donors (Lipinski definition) is 0. The van der Waals surface area contributed by atoms with Gasteiger partial charge in [-0.1, -0.05) is 30.3 Å². The van der Waals surface area contributed by atoms with Gasteiger partial charge >= 0.3 is 0 Å². The van der Waals surface area contributed by atoms with Crippen LogP contribution in [0.3, 0.4) is 0 Å². The normalized spacial score (nSPS) is 17.8. The second-order valence-corrected chi connectivity index (χ2v) is 6.04. The molecule has 1 aliphatic heterocycles. The predicted molar refractivity (Wildman–Crippen MR) is 84.7 cm³/mol. The van der Waals surface area contributed by atoms with E-state index in [-0.39, 0.29) is 11.9 Å². The first-order valence-electron chi connectivity index (χ1n) is 7.29. The van der Waals surface area contributed by atoms with Gasteiger partial charge in [-0.3, -0.25) is 4.79 Å². The van der Waals surface area contributed by atoms with Gasteiger partial charge in [0, 0.05) is 18.5 Å². The van der Waals surface area contributed by atoms with Crippen LogP contribution >= 0.6 is 11.3 Å². The first-order valence-corrected chi connectivity index (χ1v) is 8.24. The highest BCUT2D eigenvalue weighted by Gasteiger charge is 2.27. The molecule has 21 heavy (non-hydrogen) atoms. The molecule has 3 nitrogen and oxygen atoms in total. The third-order valence-corrected chi connectivity index (χ3v) is 4.54. The van der Waals surface area contributed by atoms with E-state index < -0.39 is 0 Å². The van der Waals surface area contributed by atoms with Crippen molar-refractivity contribution in [3.05, 3.63) is 58.3 Å². The summed E-state index contributed by atoms with van der Waals surface area (Å²) >= 11 is 1.56. The second-order valence-electron chi connectivity index (χ2n) is 5.26. The van der Waals surface area contributed by atoms with Crippen LogP contribution < -0.4 is 0 Å². The van der Waals surface area contributed by atoms with Crippen molar-refractivity contribution in [3.63, 3.8) is 0 Å². The molecule has 0 saturated carbocycles. The Morgan fingerprint density at radius 2 is 2.14 bits per heavy atom. The van der Waals surface area contributed by atoms with Gasteiger partial charge < -0.3 is 9.64 Å². The lowest BCUT2D eigenvalue weighted by molar-refractivity contribution is 0.0657. The fourth-order valence-electron chi connectivity index (χ4n) is 2.66. The monoisotopic (exact) mass is 301 g/mol. The smallest absolute Gasteiger partial charge is 0.255 e. The van der Waals surface area contributed by atoms with E-state index in [1.54, 1.807) is 11.3 Å². The van der Waals surface area contributed by atoms with E-state index in [9.17, 15) is 4.79 Å². The van der Waals surface area contributed by atoms with Gasteiger partial charge in [0.1, 0.15) is 0 Å². The molecule has 0 aliphatic carbocycles. The zero-order valence-corrected chi connectivity index (χ0v) is 12.7. The first-order chi connectivity index (χ1) is 10.3. The molecule has 1 fully saturated rings. The number of ether oxygens (including phenoxy) is 1. The van der Waals surface area contributed by atoms with Crippen molar-refractivity contribution in [1.29, 1.82) is 0 Å². The van der Waals surface area contributed by atoms with Crippen molar-refractivity contribution in [2.24, 2.45) is 0 Å². The lowest BCUT2D eigenvalue weighted by Crippen LogP contribution is -2.41. The zero-order valence-electron chi connectivity index (χ0n) is 11.9. The molecule has 0 bridgehead atoms. The fourth-order valence-corrected chi connectivity index (χ4v) is 3.29. The molecule has 3 rings (SSSR count). The lowest BCUT2D eigenvalue weighted by Gasteiger charge is -2.28. The molecule has 0 spiro atoms. The van der Waals surface area contributed by atoms with Crippen LogP contribution in [0.2, 0.25) is 0 Å². The maximum absolute atomic E-state index is 12.7. The summed E-state index contributed by atoms with van der Waals surface area (Å²) in [6.45, 7) is 2.15. The minimum atomic E-state index is 0.127. The van der Waals surface area contributed by atoms with Gasteiger partial charge in [0.15, 0.2) is 0 Å². The minimum Gasteiger partial charge on any atom is -0.379 e. The average molecular weight is 301 g/mol.